The summed E-state index contributed by atoms with van der Waals surface area (Å²) in [5, 5.41) is 6.54. The van der Waals surface area contributed by atoms with E-state index in [0.717, 1.165) is 24.8 Å². The number of thiocarbonyl (C=S) groups is 1. The number of primary amides is 1. The number of thiophene rings is 1. The van der Waals surface area contributed by atoms with Crippen molar-refractivity contribution in [2.24, 2.45) is 17.1 Å². The van der Waals surface area contributed by atoms with Gasteiger partial charge >= 0.3 is 0 Å². The van der Waals surface area contributed by atoms with Gasteiger partial charge in [-0.2, -0.15) is 0 Å². The Hall–Kier alpha value is -2.25. The minimum Gasteiger partial charge on any atom is -0.365 e. The van der Waals surface area contributed by atoms with Gasteiger partial charge in [0.15, 0.2) is 5.11 Å². The van der Waals surface area contributed by atoms with Crippen molar-refractivity contribution in [1.82, 2.24) is 5.32 Å². The Labute approximate surface area is 193 Å². The number of carbonyl (C=O) groups excluding carboxylic acids is 2. The van der Waals surface area contributed by atoms with Crippen molar-refractivity contribution < 1.29 is 9.59 Å². The number of carbonyl (C=O) groups is 2. The van der Waals surface area contributed by atoms with Crippen LogP contribution in [-0.2, 0) is 12.8 Å². The molecule has 1 atom stereocenters. The van der Waals surface area contributed by atoms with Gasteiger partial charge in [-0.05, 0) is 72.0 Å². The number of hydrogen-bond acceptors (Lipinski definition) is 4. The Bertz CT molecular complexity index is 1000. The molecule has 2 amide bonds. The van der Waals surface area contributed by atoms with Crippen molar-refractivity contribution in [2.75, 3.05) is 5.32 Å². The predicted molar refractivity (Wildman–Crippen MR) is 132 cm³/mol. The summed E-state index contributed by atoms with van der Waals surface area (Å²) in [6, 6.07) is 7.47. The summed E-state index contributed by atoms with van der Waals surface area (Å²) in [4.78, 5) is 26.0. The number of anilines is 1. The molecular formula is C24H31N3O2S2. The van der Waals surface area contributed by atoms with Gasteiger partial charge in [-0.1, -0.05) is 46.8 Å². The molecular weight excluding hydrogens is 426 g/mol. The Kier molecular flexibility index (Phi) is 6.86. The zero-order valence-corrected chi connectivity index (χ0v) is 20.4. The highest BCUT2D eigenvalue weighted by molar-refractivity contribution is 7.80. The minimum atomic E-state index is -0.465. The molecule has 3 rings (SSSR count). The summed E-state index contributed by atoms with van der Waals surface area (Å²) in [6.07, 6.45) is 2.78. The highest BCUT2D eigenvalue weighted by atomic mass is 32.1. The largest absolute Gasteiger partial charge is 0.365 e. The molecule has 1 aliphatic rings. The lowest BCUT2D eigenvalue weighted by Crippen LogP contribution is -2.34. The predicted octanol–water partition coefficient (Wildman–Crippen LogP) is 5.25. The van der Waals surface area contributed by atoms with E-state index < -0.39 is 5.91 Å². The van der Waals surface area contributed by atoms with Crippen molar-refractivity contribution >= 4 is 45.5 Å². The van der Waals surface area contributed by atoms with Gasteiger partial charge in [0, 0.05) is 10.4 Å². The van der Waals surface area contributed by atoms with E-state index in [0.29, 0.717) is 28.0 Å². The van der Waals surface area contributed by atoms with Crippen molar-refractivity contribution in [1.29, 1.82) is 0 Å². The highest BCUT2D eigenvalue weighted by Gasteiger charge is 2.33. The van der Waals surface area contributed by atoms with Crippen LogP contribution in [0.5, 0.6) is 0 Å². The van der Waals surface area contributed by atoms with Crippen LogP contribution in [0.15, 0.2) is 24.3 Å². The first-order valence-electron chi connectivity index (χ1n) is 10.6. The van der Waals surface area contributed by atoms with E-state index in [1.807, 2.05) is 12.1 Å². The molecule has 0 fully saturated rings. The molecule has 31 heavy (non-hydrogen) atoms. The zero-order valence-electron chi connectivity index (χ0n) is 18.8. The molecule has 1 aromatic heterocycles. The van der Waals surface area contributed by atoms with Gasteiger partial charge in [0.2, 0.25) is 0 Å². The number of hydrogen-bond donors (Lipinski definition) is 3. The topological polar surface area (TPSA) is 84.2 Å². The summed E-state index contributed by atoms with van der Waals surface area (Å²) >= 11 is 6.88. The summed E-state index contributed by atoms with van der Waals surface area (Å²) < 4.78 is 0. The van der Waals surface area contributed by atoms with Gasteiger partial charge in [0.05, 0.1) is 5.56 Å². The summed E-state index contributed by atoms with van der Waals surface area (Å²) in [5.41, 5.74) is 9.14. The van der Waals surface area contributed by atoms with Crippen molar-refractivity contribution in [3.8, 4) is 0 Å². The van der Waals surface area contributed by atoms with Crippen LogP contribution in [0, 0.1) is 11.3 Å². The Morgan fingerprint density at radius 2 is 1.84 bits per heavy atom. The Morgan fingerprint density at radius 1 is 1.19 bits per heavy atom. The molecule has 4 N–H and O–H groups in total. The van der Waals surface area contributed by atoms with Gasteiger partial charge < -0.3 is 11.1 Å². The molecule has 5 nitrogen and oxygen atoms in total. The third kappa shape index (κ3) is 5.33. The SMILES string of the molecule is CC(C)c1ccc(C(=O)NC(=S)Nc2sc3c(c2C(N)=O)CC[C@H](C(C)(C)C)C3)cc1. The molecule has 0 saturated heterocycles. The van der Waals surface area contributed by atoms with Crippen LogP contribution in [0.4, 0.5) is 5.00 Å². The standard InChI is InChI=1S/C24H31N3O2S2/c1-13(2)14-6-8-15(9-7-14)21(29)26-23(30)27-22-19(20(25)28)17-11-10-16(24(3,4)5)12-18(17)31-22/h6-9,13,16H,10-12H2,1-5H3,(H2,25,28)(H2,26,27,29,30)/t16-/m0/s1. The second kappa shape index (κ2) is 9.09. The second-order valence-corrected chi connectivity index (χ2v) is 11.1. The van der Waals surface area contributed by atoms with Crippen LogP contribution in [0.25, 0.3) is 0 Å². The Morgan fingerprint density at radius 3 is 2.39 bits per heavy atom. The molecule has 0 unspecified atom stereocenters. The molecule has 1 aromatic carbocycles. The van der Waals surface area contributed by atoms with Gasteiger partial charge in [-0.15, -0.1) is 11.3 Å². The summed E-state index contributed by atoms with van der Waals surface area (Å²) in [7, 11) is 0. The van der Waals surface area contributed by atoms with Crippen molar-refractivity contribution in [2.45, 2.75) is 59.8 Å². The first-order valence-corrected chi connectivity index (χ1v) is 11.9. The van der Waals surface area contributed by atoms with Crippen LogP contribution in [0.1, 0.15) is 83.7 Å². The lowest BCUT2D eigenvalue weighted by atomic mass is 9.72. The van der Waals surface area contributed by atoms with Gasteiger partial charge in [0.1, 0.15) is 5.00 Å². The Balaban J connectivity index is 1.74. The van der Waals surface area contributed by atoms with E-state index in [-0.39, 0.29) is 16.4 Å². The van der Waals surface area contributed by atoms with E-state index in [1.54, 1.807) is 12.1 Å². The molecule has 0 radical (unpaired) electrons. The number of nitrogens with two attached hydrogens (primary N) is 1. The maximum Gasteiger partial charge on any atom is 0.257 e. The quantitative estimate of drug-likeness (QED) is 0.548. The number of amides is 2. The number of rotatable bonds is 4. The molecule has 2 aromatic rings. The van der Waals surface area contributed by atoms with Crippen LogP contribution >= 0.6 is 23.6 Å². The first kappa shape index (κ1) is 23.4. The molecule has 0 bridgehead atoms. The van der Waals surface area contributed by atoms with Crippen LogP contribution in [-0.4, -0.2) is 16.9 Å². The fourth-order valence-electron chi connectivity index (χ4n) is 4.00. The second-order valence-electron chi connectivity index (χ2n) is 9.56. The van der Waals surface area contributed by atoms with Crippen molar-refractivity contribution in [3.05, 3.63) is 51.4 Å². The summed E-state index contributed by atoms with van der Waals surface area (Å²) in [6.45, 7) is 11.0. The third-order valence-electron chi connectivity index (χ3n) is 6.03. The third-order valence-corrected chi connectivity index (χ3v) is 7.40. The monoisotopic (exact) mass is 457 g/mol. The lowest BCUT2D eigenvalue weighted by Gasteiger charge is -2.33. The molecule has 7 heteroatoms. The fourth-order valence-corrected chi connectivity index (χ4v) is 5.60. The molecule has 1 heterocycles. The number of nitrogens with one attached hydrogen (secondary N) is 2. The number of benzene rings is 1. The normalized spacial score (nSPS) is 16.0. The van der Waals surface area contributed by atoms with Gasteiger partial charge in [0.25, 0.3) is 11.8 Å². The number of fused-ring (bicyclic) bond motifs is 1. The zero-order chi connectivity index (χ0) is 22.9. The smallest absolute Gasteiger partial charge is 0.257 e. The van der Waals surface area contributed by atoms with Gasteiger partial charge in [-0.3, -0.25) is 14.9 Å². The van der Waals surface area contributed by atoms with Crippen LogP contribution < -0.4 is 16.4 Å². The molecule has 0 spiro atoms. The minimum absolute atomic E-state index is 0.159. The maximum atomic E-state index is 12.6. The lowest BCUT2D eigenvalue weighted by molar-refractivity contribution is 0.0975. The average molecular weight is 458 g/mol. The van der Waals surface area contributed by atoms with Crippen molar-refractivity contribution in [3.63, 3.8) is 0 Å². The van der Waals surface area contributed by atoms with E-state index >= 15 is 0 Å². The van der Waals surface area contributed by atoms with Crippen LogP contribution in [0.2, 0.25) is 0 Å². The van der Waals surface area contributed by atoms with Crippen LogP contribution in [0.3, 0.4) is 0 Å². The van der Waals surface area contributed by atoms with E-state index in [9.17, 15) is 9.59 Å². The maximum absolute atomic E-state index is 12.6. The summed E-state index contributed by atoms with van der Waals surface area (Å²) in [5.74, 6) is 0.192. The highest BCUT2D eigenvalue weighted by Crippen LogP contribution is 2.44. The molecule has 1 aliphatic carbocycles. The van der Waals surface area contributed by atoms with E-state index in [4.69, 9.17) is 18.0 Å². The fraction of sp³-hybridized carbons (Fsp3) is 0.458. The molecule has 166 valence electrons. The van der Waals surface area contributed by atoms with Gasteiger partial charge in [-0.25, -0.2) is 0 Å². The average Bonchev–Trinajstić information content (AvgIpc) is 3.04. The van der Waals surface area contributed by atoms with E-state index in [1.165, 1.54) is 21.8 Å². The molecule has 0 aliphatic heterocycles. The molecule has 0 saturated carbocycles. The van der Waals surface area contributed by atoms with E-state index in [2.05, 4.69) is 45.3 Å². The first-order chi connectivity index (χ1) is 14.5.